The van der Waals surface area contributed by atoms with Gasteiger partial charge in [0.05, 0.1) is 0 Å². The second kappa shape index (κ2) is 5.48. The molecule has 4 heteroatoms. The Bertz CT molecular complexity index is 423. The summed E-state index contributed by atoms with van der Waals surface area (Å²) >= 11 is 0. The zero-order valence-electron chi connectivity index (χ0n) is 10.0. The SMILES string of the molecule is C=C(C)CN(CC)C(=O)c1c(O)cccc1F. The third kappa shape index (κ3) is 3.06. The Kier molecular flexibility index (Phi) is 4.26. The van der Waals surface area contributed by atoms with Crippen LogP contribution in [0.1, 0.15) is 24.2 Å². The van der Waals surface area contributed by atoms with E-state index in [-0.39, 0.29) is 11.3 Å². The molecule has 3 nitrogen and oxygen atoms in total. The maximum absolute atomic E-state index is 13.5. The molecule has 1 rings (SSSR count). The summed E-state index contributed by atoms with van der Waals surface area (Å²) in [6.45, 7) is 8.07. The maximum Gasteiger partial charge on any atom is 0.260 e. The van der Waals surface area contributed by atoms with Gasteiger partial charge in [-0.2, -0.15) is 0 Å². The summed E-state index contributed by atoms with van der Waals surface area (Å²) in [6.07, 6.45) is 0. The number of likely N-dealkylation sites (N-methyl/N-ethyl adjacent to an activating group) is 1. The van der Waals surface area contributed by atoms with E-state index in [1.807, 2.05) is 0 Å². The zero-order chi connectivity index (χ0) is 13.0. The minimum atomic E-state index is -0.713. The van der Waals surface area contributed by atoms with Crippen molar-refractivity contribution in [2.45, 2.75) is 13.8 Å². The normalized spacial score (nSPS) is 10.1. The van der Waals surface area contributed by atoms with Gasteiger partial charge in [-0.25, -0.2) is 4.39 Å². The summed E-state index contributed by atoms with van der Waals surface area (Å²) in [7, 11) is 0. The average Bonchev–Trinajstić information content (AvgIpc) is 2.25. The summed E-state index contributed by atoms with van der Waals surface area (Å²) in [5.41, 5.74) is 0.520. The lowest BCUT2D eigenvalue weighted by molar-refractivity contribution is 0.0770. The Labute approximate surface area is 100 Å². The Morgan fingerprint density at radius 3 is 2.65 bits per heavy atom. The minimum Gasteiger partial charge on any atom is -0.507 e. The number of phenolic OH excluding ortho intramolecular Hbond substituents is 1. The summed E-state index contributed by atoms with van der Waals surface area (Å²) in [6, 6.07) is 3.81. The standard InChI is InChI=1S/C13H16FNO2/c1-4-15(8-9(2)3)13(17)12-10(14)6-5-7-11(12)16/h5-7,16H,2,4,8H2,1,3H3. The van der Waals surface area contributed by atoms with E-state index in [4.69, 9.17) is 0 Å². The van der Waals surface area contributed by atoms with Crippen LogP contribution in [0.25, 0.3) is 0 Å². The molecule has 0 aliphatic carbocycles. The first-order valence-electron chi connectivity index (χ1n) is 5.38. The van der Waals surface area contributed by atoms with Crippen LogP contribution in [0, 0.1) is 5.82 Å². The van der Waals surface area contributed by atoms with Crippen molar-refractivity contribution in [3.05, 3.63) is 41.7 Å². The van der Waals surface area contributed by atoms with Gasteiger partial charge >= 0.3 is 0 Å². The third-order valence-electron chi connectivity index (χ3n) is 2.34. The molecule has 0 heterocycles. The highest BCUT2D eigenvalue weighted by Crippen LogP contribution is 2.21. The van der Waals surface area contributed by atoms with Crippen molar-refractivity contribution in [3.63, 3.8) is 0 Å². The first kappa shape index (κ1) is 13.2. The molecule has 0 saturated heterocycles. The van der Waals surface area contributed by atoms with Crippen LogP contribution in [0.4, 0.5) is 4.39 Å². The predicted molar refractivity (Wildman–Crippen MR) is 64.5 cm³/mol. The largest absolute Gasteiger partial charge is 0.507 e. The maximum atomic E-state index is 13.5. The smallest absolute Gasteiger partial charge is 0.260 e. The molecule has 0 spiro atoms. The molecule has 1 N–H and O–H groups in total. The van der Waals surface area contributed by atoms with E-state index in [9.17, 15) is 14.3 Å². The Morgan fingerprint density at radius 2 is 2.18 bits per heavy atom. The molecular formula is C13H16FNO2. The van der Waals surface area contributed by atoms with Crippen LogP contribution in [0.3, 0.4) is 0 Å². The summed E-state index contributed by atoms with van der Waals surface area (Å²) in [4.78, 5) is 13.5. The highest BCUT2D eigenvalue weighted by Gasteiger charge is 2.21. The molecule has 1 aromatic carbocycles. The fraction of sp³-hybridized carbons (Fsp3) is 0.308. The lowest BCUT2D eigenvalue weighted by atomic mass is 10.1. The Balaban J connectivity index is 3.06. The van der Waals surface area contributed by atoms with E-state index in [0.717, 1.165) is 11.6 Å². The third-order valence-corrected chi connectivity index (χ3v) is 2.34. The molecule has 92 valence electrons. The van der Waals surface area contributed by atoms with Crippen LogP contribution in [-0.4, -0.2) is 29.0 Å². The van der Waals surface area contributed by atoms with Crippen molar-refractivity contribution in [1.29, 1.82) is 0 Å². The molecule has 0 aliphatic heterocycles. The number of nitrogens with zero attached hydrogens (tertiary/aromatic N) is 1. The van der Waals surface area contributed by atoms with E-state index < -0.39 is 11.7 Å². The van der Waals surface area contributed by atoms with Crippen LogP contribution in [0.2, 0.25) is 0 Å². The van der Waals surface area contributed by atoms with Gasteiger partial charge in [0.1, 0.15) is 17.1 Å². The molecule has 0 aliphatic rings. The van der Waals surface area contributed by atoms with Crippen molar-refractivity contribution in [2.75, 3.05) is 13.1 Å². The van der Waals surface area contributed by atoms with Gasteiger partial charge in [-0.15, -0.1) is 0 Å². The Hall–Kier alpha value is -1.84. The van der Waals surface area contributed by atoms with Gasteiger partial charge in [0.2, 0.25) is 0 Å². The van der Waals surface area contributed by atoms with Crippen molar-refractivity contribution >= 4 is 5.91 Å². The number of carbonyl (C=O) groups excluding carboxylic acids is 1. The van der Waals surface area contributed by atoms with Crippen LogP contribution in [0.5, 0.6) is 5.75 Å². The van der Waals surface area contributed by atoms with Crippen LogP contribution >= 0.6 is 0 Å². The van der Waals surface area contributed by atoms with Crippen molar-refractivity contribution in [1.82, 2.24) is 4.90 Å². The summed E-state index contributed by atoms with van der Waals surface area (Å²) < 4.78 is 13.5. The van der Waals surface area contributed by atoms with Crippen molar-refractivity contribution in [2.24, 2.45) is 0 Å². The van der Waals surface area contributed by atoms with Crippen LogP contribution in [0.15, 0.2) is 30.4 Å². The van der Waals surface area contributed by atoms with Crippen LogP contribution < -0.4 is 0 Å². The molecule has 1 aromatic rings. The minimum absolute atomic E-state index is 0.282. The number of hydrogen-bond donors (Lipinski definition) is 1. The topological polar surface area (TPSA) is 40.5 Å². The zero-order valence-corrected chi connectivity index (χ0v) is 10.0. The van der Waals surface area contributed by atoms with Gasteiger partial charge < -0.3 is 10.0 Å². The predicted octanol–water partition coefficient (Wildman–Crippen LogP) is 2.57. The molecule has 1 amide bonds. The molecule has 0 saturated carbocycles. The molecule has 0 bridgehead atoms. The van der Waals surface area contributed by atoms with E-state index in [2.05, 4.69) is 6.58 Å². The van der Waals surface area contributed by atoms with Gasteiger partial charge in [0.25, 0.3) is 5.91 Å². The van der Waals surface area contributed by atoms with Gasteiger partial charge in [-0.3, -0.25) is 4.79 Å². The number of amides is 1. The number of aromatic hydroxyl groups is 1. The van der Waals surface area contributed by atoms with Crippen molar-refractivity contribution in [3.8, 4) is 5.75 Å². The molecule has 0 aromatic heterocycles. The first-order valence-corrected chi connectivity index (χ1v) is 5.38. The first-order chi connectivity index (χ1) is 7.97. The number of carbonyl (C=O) groups is 1. The monoisotopic (exact) mass is 237 g/mol. The summed E-state index contributed by atoms with van der Waals surface area (Å²) in [5.74, 6) is -1.57. The van der Waals surface area contributed by atoms with Gasteiger partial charge in [0.15, 0.2) is 0 Å². The molecule has 0 fully saturated rings. The average molecular weight is 237 g/mol. The van der Waals surface area contributed by atoms with Gasteiger partial charge in [0, 0.05) is 13.1 Å². The fourth-order valence-electron chi connectivity index (χ4n) is 1.54. The van der Waals surface area contributed by atoms with Gasteiger partial charge in [-0.05, 0) is 26.0 Å². The molecule has 0 unspecified atom stereocenters. The highest BCUT2D eigenvalue weighted by atomic mass is 19.1. The van der Waals surface area contributed by atoms with Gasteiger partial charge in [-0.1, -0.05) is 18.2 Å². The lowest BCUT2D eigenvalue weighted by Gasteiger charge is -2.21. The molecule has 0 radical (unpaired) electrons. The second-order valence-corrected chi connectivity index (χ2v) is 3.91. The highest BCUT2D eigenvalue weighted by molar-refractivity contribution is 5.97. The molecular weight excluding hydrogens is 221 g/mol. The Morgan fingerprint density at radius 1 is 1.53 bits per heavy atom. The van der Waals surface area contributed by atoms with E-state index in [1.165, 1.54) is 17.0 Å². The quantitative estimate of drug-likeness (QED) is 0.817. The molecule has 0 atom stereocenters. The lowest BCUT2D eigenvalue weighted by Crippen LogP contribution is -2.32. The van der Waals surface area contributed by atoms with Crippen molar-refractivity contribution < 1.29 is 14.3 Å². The second-order valence-electron chi connectivity index (χ2n) is 3.91. The summed E-state index contributed by atoms with van der Waals surface area (Å²) in [5, 5.41) is 9.53. The van der Waals surface area contributed by atoms with E-state index >= 15 is 0 Å². The van der Waals surface area contributed by atoms with E-state index in [1.54, 1.807) is 13.8 Å². The number of hydrogen-bond acceptors (Lipinski definition) is 2. The number of rotatable bonds is 4. The molecule has 17 heavy (non-hydrogen) atoms. The number of benzene rings is 1. The van der Waals surface area contributed by atoms with E-state index in [0.29, 0.717) is 13.1 Å². The fourth-order valence-corrected chi connectivity index (χ4v) is 1.54. The number of halogens is 1. The van der Waals surface area contributed by atoms with Crippen LogP contribution in [-0.2, 0) is 0 Å². The number of phenols is 1.